The Hall–Kier alpha value is -2.12. The van der Waals surface area contributed by atoms with Crippen molar-refractivity contribution in [1.29, 1.82) is 0 Å². The summed E-state index contributed by atoms with van der Waals surface area (Å²) in [6.07, 6.45) is 1.07. The highest BCUT2D eigenvalue weighted by Gasteiger charge is 2.12. The maximum Gasteiger partial charge on any atom is 0.230 e. The predicted molar refractivity (Wildman–Crippen MR) is 112 cm³/mol. The van der Waals surface area contributed by atoms with E-state index in [1.807, 2.05) is 24.4 Å². The number of benzene rings is 1. The minimum atomic E-state index is -0.0278. The van der Waals surface area contributed by atoms with Gasteiger partial charge in [-0.3, -0.25) is 9.89 Å². The van der Waals surface area contributed by atoms with Gasteiger partial charge < -0.3 is 5.32 Å². The van der Waals surface area contributed by atoms with Crippen LogP contribution in [0.15, 0.2) is 46.9 Å². The summed E-state index contributed by atoms with van der Waals surface area (Å²) in [7, 11) is 0. The number of hydrogen-bond donors (Lipinski definition) is 2. The third-order valence-corrected chi connectivity index (χ3v) is 5.78. The van der Waals surface area contributed by atoms with Crippen LogP contribution >= 0.6 is 23.1 Å². The minimum absolute atomic E-state index is 0.0266. The van der Waals surface area contributed by atoms with Crippen molar-refractivity contribution in [2.75, 3.05) is 5.75 Å². The van der Waals surface area contributed by atoms with Gasteiger partial charge in [0.1, 0.15) is 0 Å². The van der Waals surface area contributed by atoms with Crippen molar-refractivity contribution < 1.29 is 4.79 Å². The lowest BCUT2D eigenvalue weighted by Crippen LogP contribution is -2.28. The summed E-state index contributed by atoms with van der Waals surface area (Å²) >= 11 is 2.93. The number of aromatic nitrogens is 3. The van der Waals surface area contributed by atoms with Gasteiger partial charge in [-0.05, 0) is 41.8 Å². The van der Waals surface area contributed by atoms with Crippen molar-refractivity contribution in [2.45, 2.75) is 38.4 Å². The third-order valence-electron chi connectivity index (χ3n) is 4.05. The highest BCUT2D eigenvalue weighted by Crippen LogP contribution is 2.23. The fourth-order valence-electron chi connectivity index (χ4n) is 2.74. The molecule has 3 rings (SSSR count). The van der Waals surface area contributed by atoms with E-state index in [0.717, 1.165) is 22.7 Å². The Morgan fingerprint density at radius 2 is 2.00 bits per heavy atom. The van der Waals surface area contributed by atoms with Gasteiger partial charge >= 0.3 is 0 Å². The van der Waals surface area contributed by atoms with Crippen molar-refractivity contribution in [3.8, 4) is 10.7 Å². The van der Waals surface area contributed by atoms with E-state index in [9.17, 15) is 4.79 Å². The molecule has 142 valence electrons. The predicted octanol–water partition coefficient (Wildman–Crippen LogP) is 4.70. The van der Waals surface area contributed by atoms with E-state index in [2.05, 4.69) is 58.6 Å². The van der Waals surface area contributed by atoms with E-state index >= 15 is 0 Å². The number of carbonyl (C=O) groups is 1. The molecule has 1 aromatic carbocycles. The number of H-pyrrole nitrogens is 1. The van der Waals surface area contributed by atoms with Crippen molar-refractivity contribution in [1.82, 2.24) is 20.5 Å². The Balaban J connectivity index is 1.48. The number of hydrogen-bond acceptors (Lipinski definition) is 5. The molecule has 1 amide bonds. The highest BCUT2D eigenvalue weighted by molar-refractivity contribution is 7.99. The molecule has 1 atom stereocenters. The number of nitrogens with zero attached hydrogens (tertiary/aromatic N) is 2. The van der Waals surface area contributed by atoms with E-state index in [-0.39, 0.29) is 17.7 Å². The van der Waals surface area contributed by atoms with Gasteiger partial charge in [0.25, 0.3) is 0 Å². The summed E-state index contributed by atoms with van der Waals surface area (Å²) in [5.41, 5.74) is 2.44. The lowest BCUT2D eigenvalue weighted by atomic mass is 10.00. The van der Waals surface area contributed by atoms with Crippen molar-refractivity contribution >= 4 is 29.0 Å². The Morgan fingerprint density at radius 3 is 2.67 bits per heavy atom. The first-order valence-corrected chi connectivity index (χ1v) is 10.8. The van der Waals surface area contributed by atoms with Crippen molar-refractivity contribution in [3.05, 3.63) is 52.9 Å². The van der Waals surface area contributed by atoms with Gasteiger partial charge in [-0.2, -0.15) is 0 Å². The molecule has 0 aliphatic carbocycles. The number of aromatic amines is 1. The molecule has 7 heteroatoms. The van der Waals surface area contributed by atoms with Crippen LogP contribution in [0, 0.1) is 5.92 Å². The summed E-state index contributed by atoms with van der Waals surface area (Å²) in [5, 5.41) is 12.7. The molecule has 2 aromatic heterocycles. The average molecular weight is 401 g/mol. The Labute approximate surface area is 168 Å². The molecule has 0 bridgehead atoms. The van der Waals surface area contributed by atoms with E-state index in [0.29, 0.717) is 11.1 Å². The van der Waals surface area contributed by atoms with Crippen LogP contribution in [-0.4, -0.2) is 26.8 Å². The van der Waals surface area contributed by atoms with Crippen LogP contribution < -0.4 is 5.32 Å². The molecule has 0 fully saturated rings. The summed E-state index contributed by atoms with van der Waals surface area (Å²) in [5.74, 6) is 1.64. The van der Waals surface area contributed by atoms with Gasteiger partial charge in [0.2, 0.25) is 11.1 Å². The van der Waals surface area contributed by atoms with Crippen LogP contribution in [0.25, 0.3) is 10.7 Å². The van der Waals surface area contributed by atoms with Gasteiger partial charge in [0, 0.05) is 0 Å². The zero-order valence-electron chi connectivity index (χ0n) is 15.7. The Morgan fingerprint density at radius 1 is 1.22 bits per heavy atom. The second-order valence-electron chi connectivity index (χ2n) is 6.86. The van der Waals surface area contributed by atoms with Crippen LogP contribution in [-0.2, 0) is 11.2 Å². The van der Waals surface area contributed by atoms with Crippen molar-refractivity contribution in [2.24, 2.45) is 5.92 Å². The zero-order valence-corrected chi connectivity index (χ0v) is 17.4. The summed E-state index contributed by atoms with van der Waals surface area (Å²) in [4.78, 5) is 17.7. The molecule has 0 radical (unpaired) electrons. The monoisotopic (exact) mass is 400 g/mol. The van der Waals surface area contributed by atoms with E-state index in [1.54, 1.807) is 11.3 Å². The summed E-state index contributed by atoms with van der Waals surface area (Å²) < 4.78 is 0. The molecule has 0 spiro atoms. The Kier molecular flexibility index (Phi) is 6.68. The molecule has 0 saturated carbocycles. The van der Waals surface area contributed by atoms with Gasteiger partial charge in [-0.15, -0.1) is 16.4 Å². The molecular weight excluding hydrogens is 376 g/mol. The largest absolute Gasteiger partial charge is 0.349 e. The molecule has 3 aromatic rings. The summed E-state index contributed by atoms with van der Waals surface area (Å²) in [6.45, 7) is 6.43. The van der Waals surface area contributed by atoms with Gasteiger partial charge in [-0.1, -0.05) is 55.9 Å². The van der Waals surface area contributed by atoms with E-state index in [1.165, 1.54) is 17.3 Å². The number of nitrogens with one attached hydrogen (secondary N) is 2. The number of thiophene rings is 1. The SMILES string of the molecule is CC(C)Cc1ccc(C(C)NC(=O)CSc2n[nH]c(-c3cccs3)n2)cc1. The standard InChI is InChI=1S/C20H24N4OS2/c1-13(2)11-15-6-8-16(9-7-15)14(3)21-18(25)12-27-20-22-19(23-24-20)17-5-4-10-26-17/h4-10,13-14H,11-12H2,1-3H3,(H,21,25)(H,22,23,24). The molecule has 2 N–H and O–H groups in total. The molecule has 0 aliphatic rings. The van der Waals surface area contributed by atoms with Gasteiger partial charge in [-0.25, -0.2) is 4.98 Å². The second kappa shape index (κ2) is 9.19. The average Bonchev–Trinajstić information content (AvgIpc) is 3.31. The smallest absolute Gasteiger partial charge is 0.230 e. The normalized spacial score (nSPS) is 12.3. The van der Waals surface area contributed by atoms with Crippen molar-refractivity contribution in [3.63, 3.8) is 0 Å². The lowest BCUT2D eigenvalue weighted by molar-refractivity contribution is -0.119. The van der Waals surface area contributed by atoms with E-state index in [4.69, 9.17) is 0 Å². The second-order valence-corrected chi connectivity index (χ2v) is 8.75. The molecule has 27 heavy (non-hydrogen) atoms. The minimum Gasteiger partial charge on any atom is -0.349 e. The maximum absolute atomic E-state index is 12.3. The van der Waals surface area contributed by atoms with Crippen LogP contribution in [0.1, 0.15) is 37.9 Å². The molecule has 5 nitrogen and oxygen atoms in total. The molecular formula is C20H24N4OS2. The number of carbonyl (C=O) groups excluding carboxylic acids is 1. The van der Waals surface area contributed by atoms with Crippen LogP contribution in [0.2, 0.25) is 0 Å². The topological polar surface area (TPSA) is 70.7 Å². The van der Waals surface area contributed by atoms with E-state index < -0.39 is 0 Å². The highest BCUT2D eigenvalue weighted by atomic mass is 32.2. The fourth-order valence-corrected chi connectivity index (χ4v) is 4.02. The summed E-state index contributed by atoms with van der Waals surface area (Å²) in [6, 6.07) is 12.4. The number of amides is 1. The maximum atomic E-state index is 12.3. The number of rotatable bonds is 8. The number of thioether (sulfide) groups is 1. The first-order chi connectivity index (χ1) is 13.0. The van der Waals surface area contributed by atoms with Gasteiger partial charge in [0.05, 0.1) is 16.7 Å². The third kappa shape index (κ3) is 5.68. The Bertz CT molecular complexity index is 857. The zero-order chi connectivity index (χ0) is 19.2. The fraction of sp³-hybridized carbons (Fsp3) is 0.350. The quantitative estimate of drug-likeness (QED) is 0.538. The first-order valence-electron chi connectivity index (χ1n) is 8.98. The molecule has 0 saturated heterocycles. The van der Waals surface area contributed by atoms with Crippen LogP contribution in [0.5, 0.6) is 0 Å². The molecule has 1 unspecified atom stereocenters. The molecule has 2 heterocycles. The van der Waals surface area contributed by atoms with Gasteiger partial charge in [0.15, 0.2) is 5.82 Å². The first kappa shape index (κ1) is 19.6. The van der Waals surface area contributed by atoms with Crippen LogP contribution in [0.4, 0.5) is 0 Å². The lowest BCUT2D eigenvalue weighted by Gasteiger charge is -2.15. The van der Waals surface area contributed by atoms with Crippen LogP contribution in [0.3, 0.4) is 0 Å². The molecule has 0 aliphatic heterocycles.